The standard InChI is InChI=1S/C14H18N2O2S/c1-14(3-7-18-8-4-14)19-12-10-16-6-5-15-13(16)9-11(12)17-2/h5-6,9-10H,3-4,7-8H2,1-2H3. The van der Waals surface area contributed by atoms with Crippen molar-refractivity contribution in [2.75, 3.05) is 20.3 Å². The predicted octanol–water partition coefficient (Wildman–Crippen LogP) is 3.00. The van der Waals surface area contributed by atoms with Gasteiger partial charge in [0.2, 0.25) is 0 Å². The highest BCUT2D eigenvalue weighted by Gasteiger charge is 2.29. The van der Waals surface area contributed by atoms with E-state index >= 15 is 0 Å². The summed E-state index contributed by atoms with van der Waals surface area (Å²) in [6, 6.07) is 1.99. The number of fused-ring (bicyclic) bond motifs is 1. The van der Waals surface area contributed by atoms with Crippen molar-refractivity contribution < 1.29 is 9.47 Å². The van der Waals surface area contributed by atoms with Gasteiger partial charge in [-0.3, -0.25) is 0 Å². The van der Waals surface area contributed by atoms with E-state index in [1.54, 1.807) is 13.3 Å². The van der Waals surface area contributed by atoms with Crippen molar-refractivity contribution in [1.82, 2.24) is 9.38 Å². The van der Waals surface area contributed by atoms with Gasteiger partial charge in [0, 0.05) is 42.6 Å². The van der Waals surface area contributed by atoms with Crippen LogP contribution < -0.4 is 4.74 Å². The third-order valence-electron chi connectivity index (χ3n) is 3.58. The van der Waals surface area contributed by atoms with Crippen molar-refractivity contribution in [2.24, 2.45) is 0 Å². The van der Waals surface area contributed by atoms with Crippen molar-refractivity contribution in [3.63, 3.8) is 0 Å². The number of rotatable bonds is 3. The lowest BCUT2D eigenvalue weighted by molar-refractivity contribution is 0.0815. The highest BCUT2D eigenvalue weighted by molar-refractivity contribution is 8.00. The Bertz CT molecular complexity index is 576. The average molecular weight is 278 g/mol. The van der Waals surface area contributed by atoms with E-state index in [4.69, 9.17) is 9.47 Å². The van der Waals surface area contributed by atoms with E-state index < -0.39 is 0 Å². The molecule has 0 radical (unpaired) electrons. The normalized spacial score (nSPS) is 18.6. The summed E-state index contributed by atoms with van der Waals surface area (Å²) in [5.74, 6) is 0.899. The second-order valence-corrected chi connectivity index (χ2v) is 6.69. The maximum atomic E-state index is 5.50. The summed E-state index contributed by atoms with van der Waals surface area (Å²) >= 11 is 1.88. The molecule has 1 aliphatic rings. The molecule has 0 unspecified atom stereocenters. The molecule has 0 amide bonds. The van der Waals surface area contributed by atoms with Gasteiger partial charge in [-0.2, -0.15) is 0 Å². The Balaban J connectivity index is 1.94. The van der Waals surface area contributed by atoms with E-state index in [9.17, 15) is 0 Å². The number of nitrogens with zero attached hydrogens (tertiary/aromatic N) is 2. The smallest absolute Gasteiger partial charge is 0.140 e. The quantitative estimate of drug-likeness (QED) is 0.864. The van der Waals surface area contributed by atoms with Crippen LogP contribution in [-0.2, 0) is 4.74 Å². The lowest BCUT2D eigenvalue weighted by Crippen LogP contribution is -2.29. The number of ether oxygens (including phenoxy) is 2. The molecule has 4 nitrogen and oxygen atoms in total. The number of imidazole rings is 1. The van der Waals surface area contributed by atoms with Gasteiger partial charge >= 0.3 is 0 Å². The van der Waals surface area contributed by atoms with Gasteiger partial charge in [-0.05, 0) is 19.8 Å². The molecule has 0 N–H and O–H groups in total. The Morgan fingerprint density at radius 1 is 1.42 bits per heavy atom. The van der Waals surface area contributed by atoms with E-state index in [-0.39, 0.29) is 4.75 Å². The van der Waals surface area contributed by atoms with Crippen molar-refractivity contribution in [1.29, 1.82) is 0 Å². The van der Waals surface area contributed by atoms with E-state index in [2.05, 4.69) is 18.1 Å². The second-order valence-electron chi connectivity index (χ2n) is 5.06. The molecule has 2 aromatic heterocycles. The first-order chi connectivity index (χ1) is 9.20. The van der Waals surface area contributed by atoms with Gasteiger partial charge in [0.15, 0.2) is 0 Å². The molecule has 0 aromatic carbocycles. The minimum Gasteiger partial charge on any atom is -0.495 e. The summed E-state index contributed by atoms with van der Waals surface area (Å²) in [5, 5.41) is 0. The minimum atomic E-state index is 0.222. The molecule has 3 heterocycles. The van der Waals surface area contributed by atoms with Crippen LogP contribution in [0.25, 0.3) is 5.65 Å². The summed E-state index contributed by atoms with van der Waals surface area (Å²) < 4.78 is 13.2. The van der Waals surface area contributed by atoms with E-state index in [0.717, 1.165) is 42.3 Å². The fourth-order valence-electron chi connectivity index (χ4n) is 2.33. The van der Waals surface area contributed by atoms with Crippen molar-refractivity contribution in [3.05, 3.63) is 24.7 Å². The third-order valence-corrected chi connectivity index (χ3v) is 5.01. The van der Waals surface area contributed by atoms with Gasteiger partial charge in [0.1, 0.15) is 11.4 Å². The molecule has 3 rings (SSSR count). The van der Waals surface area contributed by atoms with Crippen molar-refractivity contribution in [3.8, 4) is 5.75 Å². The highest BCUT2D eigenvalue weighted by Crippen LogP contribution is 2.43. The van der Waals surface area contributed by atoms with Crippen LogP contribution in [0, 0.1) is 0 Å². The Morgan fingerprint density at radius 3 is 2.95 bits per heavy atom. The SMILES string of the molecule is COc1cc2nccn2cc1SC1(C)CCOCC1. The van der Waals surface area contributed by atoms with Gasteiger partial charge in [-0.25, -0.2) is 4.98 Å². The predicted molar refractivity (Wildman–Crippen MR) is 76.1 cm³/mol. The molecular formula is C14H18N2O2S. The molecule has 19 heavy (non-hydrogen) atoms. The van der Waals surface area contributed by atoms with Crippen LogP contribution in [0.3, 0.4) is 0 Å². The van der Waals surface area contributed by atoms with E-state index in [1.807, 2.05) is 28.4 Å². The molecule has 2 aromatic rings. The van der Waals surface area contributed by atoms with Crippen molar-refractivity contribution in [2.45, 2.75) is 29.4 Å². The fourth-order valence-corrected chi connectivity index (χ4v) is 3.64. The van der Waals surface area contributed by atoms with Crippen LogP contribution >= 0.6 is 11.8 Å². The Kier molecular flexibility index (Phi) is 3.41. The third kappa shape index (κ3) is 2.58. The summed E-state index contributed by atoms with van der Waals surface area (Å²) in [5.41, 5.74) is 0.915. The maximum absolute atomic E-state index is 5.50. The number of methoxy groups -OCH3 is 1. The largest absolute Gasteiger partial charge is 0.495 e. The minimum absolute atomic E-state index is 0.222. The van der Waals surface area contributed by atoms with Gasteiger partial charge in [0.05, 0.1) is 12.0 Å². The fraction of sp³-hybridized carbons (Fsp3) is 0.500. The van der Waals surface area contributed by atoms with Crippen LogP contribution in [0.15, 0.2) is 29.6 Å². The second kappa shape index (κ2) is 5.06. The Labute approximate surface area is 117 Å². The van der Waals surface area contributed by atoms with Crippen LogP contribution in [0.2, 0.25) is 0 Å². The van der Waals surface area contributed by atoms with Gasteiger partial charge in [-0.15, -0.1) is 11.8 Å². The van der Waals surface area contributed by atoms with Crippen molar-refractivity contribution >= 4 is 17.4 Å². The first kappa shape index (κ1) is 12.8. The molecule has 0 spiro atoms. The number of pyridine rings is 1. The number of thioether (sulfide) groups is 1. The maximum Gasteiger partial charge on any atom is 0.140 e. The van der Waals surface area contributed by atoms with Crippen LogP contribution in [0.1, 0.15) is 19.8 Å². The molecule has 0 saturated carbocycles. The van der Waals surface area contributed by atoms with Gasteiger partial charge < -0.3 is 13.9 Å². The number of hydrogen-bond donors (Lipinski definition) is 0. The summed E-state index contributed by atoms with van der Waals surface area (Å²) in [6.07, 6.45) is 8.02. The molecule has 1 aliphatic heterocycles. The Hall–Kier alpha value is -1.20. The Morgan fingerprint density at radius 2 is 2.21 bits per heavy atom. The zero-order valence-corrected chi connectivity index (χ0v) is 12.1. The zero-order valence-electron chi connectivity index (χ0n) is 11.3. The van der Waals surface area contributed by atoms with Gasteiger partial charge in [-0.1, -0.05) is 0 Å². The topological polar surface area (TPSA) is 35.8 Å². The first-order valence-corrected chi connectivity index (χ1v) is 7.29. The molecule has 0 atom stereocenters. The van der Waals surface area contributed by atoms with E-state index in [1.165, 1.54) is 0 Å². The highest BCUT2D eigenvalue weighted by atomic mass is 32.2. The molecule has 0 bridgehead atoms. The number of aromatic nitrogens is 2. The zero-order chi connectivity index (χ0) is 13.3. The summed E-state index contributed by atoms with van der Waals surface area (Å²) in [7, 11) is 1.71. The summed E-state index contributed by atoms with van der Waals surface area (Å²) in [6.45, 7) is 4.00. The van der Waals surface area contributed by atoms with Crippen LogP contribution in [0.4, 0.5) is 0 Å². The van der Waals surface area contributed by atoms with Crippen LogP contribution in [-0.4, -0.2) is 34.5 Å². The average Bonchev–Trinajstić information content (AvgIpc) is 2.85. The first-order valence-electron chi connectivity index (χ1n) is 6.48. The lowest BCUT2D eigenvalue weighted by Gasteiger charge is -2.33. The van der Waals surface area contributed by atoms with Gasteiger partial charge in [0.25, 0.3) is 0 Å². The number of hydrogen-bond acceptors (Lipinski definition) is 4. The molecule has 102 valence electrons. The monoisotopic (exact) mass is 278 g/mol. The van der Waals surface area contributed by atoms with E-state index in [0.29, 0.717) is 0 Å². The molecule has 0 aliphatic carbocycles. The molecular weight excluding hydrogens is 260 g/mol. The molecule has 1 saturated heterocycles. The lowest BCUT2D eigenvalue weighted by atomic mass is 10.0. The summed E-state index contributed by atoms with van der Waals surface area (Å²) in [4.78, 5) is 5.45. The van der Waals surface area contributed by atoms with Crippen LogP contribution in [0.5, 0.6) is 5.75 Å². The molecule has 5 heteroatoms. The molecule has 1 fully saturated rings.